The lowest BCUT2D eigenvalue weighted by Gasteiger charge is -2.14. The van der Waals surface area contributed by atoms with E-state index >= 15 is 0 Å². The average molecular weight is 307 g/mol. The first-order chi connectivity index (χ1) is 9.79. The van der Waals surface area contributed by atoms with Gasteiger partial charge in [-0.2, -0.15) is 5.10 Å². The minimum absolute atomic E-state index is 0.229. The molecule has 2 rings (SSSR count). The second-order valence-corrected chi connectivity index (χ2v) is 6.44. The molecule has 0 saturated heterocycles. The molecule has 1 unspecified atom stereocenters. The fourth-order valence-corrected chi connectivity index (χ4v) is 3.05. The Kier molecular flexibility index (Phi) is 4.74. The van der Waals surface area contributed by atoms with Crippen LogP contribution in [0, 0.1) is 13.8 Å². The van der Waals surface area contributed by atoms with Crippen LogP contribution in [0.3, 0.4) is 0 Å². The number of aliphatic hydroxyl groups is 1. The molecule has 1 N–H and O–H groups in total. The largest absolute Gasteiger partial charge is 0.388 e. The second kappa shape index (κ2) is 6.20. The highest BCUT2D eigenvalue weighted by molar-refractivity contribution is 6.30. The van der Waals surface area contributed by atoms with Crippen molar-refractivity contribution in [2.75, 3.05) is 0 Å². The molecule has 3 nitrogen and oxygen atoms in total. The van der Waals surface area contributed by atoms with Crippen LogP contribution in [0.15, 0.2) is 18.2 Å². The van der Waals surface area contributed by atoms with Crippen LogP contribution in [0.25, 0.3) is 0 Å². The van der Waals surface area contributed by atoms with Gasteiger partial charge in [-0.3, -0.25) is 4.68 Å². The molecule has 21 heavy (non-hydrogen) atoms. The van der Waals surface area contributed by atoms with Crippen LogP contribution in [0.4, 0.5) is 0 Å². The fourth-order valence-electron chi connectivity index (χ4n) is 2.79. The Morgan fingerprint density at radius 3 is 2.29 bits per heavy atom. The standard InChI is InChI=1S/C17H23ClN2O/c1-10(2)16-15(17(18)20(5)19-16)14(21)9-13-7-11(3)6-12(4)8-13/h6-8,10,14,21H,9H2,1-5H3. The molecule has 0 bridgehead atoms. The van der Waals surface area contributed by atoms with E-state index in [4.69, 9.17) is 11.6 Å². The van der Waals surface area contributed by atoms with E-state index in [9.17, 15) is 5.11 Å². The normalized spacial score (nSPS) is 13.0. The van der Waals surface area contributed by atoms with Crippen LogP contribution in [0.1, 0.15) is 53.8 Å². The second-order valence-electron chi connectivity index (χ2n) is 6.08. The molecule has 0 radical (unpaired) electrons. The Labute approximate surface area is 131 Å². The van der Waals surface area contributed by atoms with Gasteiger partial charge in [0.05, 0.1) is 11.8 Å². The quantitative estimate of drug-likeness (QED) is 0.924. The monoisotopic (exact) mass is 306 g/mol. The molecule has 1 atom stereocenters. The summed E-state index contributed by atoms with van der Waals surface area (Å²) >= 11 is 6.32. The lowest BCUT2D eigenvalue weighted by molar-refractivity contribution is 0.177. The van der Waals surface area contributed by atoms with Gasteiger partial charge in [0.2, 0.25) is 0 Å². The molecule has 1 aromatic carbocycles. The Balaban J connectivity index is 2.34. The van der Waals surface area contributed by atoms with Crippen molar-refractivity contribution >= 4 is 11.6 Å². The fraction of sp³-hybridized carbons (Fsp3) is 0.471. The molecule has 0 fully saturated rings. The van der Waals surface area contributed by atoms with Gasteiger partial charge in [-0.25, -0.2) is 0 Å². The lowest BCUT2D eigenvalue weighted by atomic mass is 9.96. The van der Waals surface area contributed by atoms with Crippen molar-refractivity contribution in [2.45, 2.75) is 46.1 Å². The zero-order valence-electron chi connectivity index (χ0n) is 13.3. The van der Waals surface area contributed by atoms with Crippen molar-refractivity contribution in [2.24, 2.45) is 7.05 Å². The summed E-state index contributed by atoms with van der Waals surface area (Å²) in [5.74, 6) is 0.229. The first kappa shape index (κ1) is 16.1. The number of hydrogen-bond donors (Lipinski definition) is 1. The first-order valence-corrected chi connectivity index (χ1v) is 7.65. The Morgan fingerprint density at radius 1 is 1.19 bits per heavy atom. The number of aromatic nitrogens is 2. The third-order valence-corrected chi connectivity index (χ3v) is 4.08. The molecule has 0 aliphatic heterocycles. The van der Waals surface area contributed by atoms with Gasteiger partial charge in [-0.1, -0.05) is 54.8 Å². The summed E-state index contributed by atoms with van der Waals surface area (Å²) < 4.78 is 1.64. The van der Waals surface area contributed by atoms with Crippen molar-refractivity contribution < 1.29 is 5.11 Å². The third-order valence-electron chi connectivity index (χ3n) is 3.63. The summed E-state index contributed by atoms with van der Waals surface area (Å²) in [5.41, 5.74) is 5.17. The number of rotatable bonds is 4. The molecule has 2 aromatic rings. The van der Waals surface area contributed by atoms with E-state index in [0.717, 1.165) is 16.8 Å². The number of aliphatic hydroxyl groups excluding tert-OH is 1. The lowest BCUT2D eigenvalue weighted by Crippen LogP contribution is -2.06. The van der Waals surface area contributed by atoms with E-state index in [0.29, 0.717) is 11.6 Å². The minimum Gasteiger partial charge on any atom is -0.388 e. The molecule has 0 saturated carbocycles. The van der Waals surface area contributed by atoms with Gasteiger partial charge in [0.1, 0.15) is 5.15 Å². The highest BCUT2D eigenvalue weighted by Crippen LogP contribution is 2.32. The molecule has 1 heterocycles. The highest BCUT2D eigenvalue weighted by Gasteiger charge is 2.23. The zero-order chi connectivity index (χ0) is 15.7. The predicted octanol–water partition coefficient (Wildman–Crippen LogP) is 4.09. The molecule has 0 aliphatic rings. The van der Waals surface area contributed by atoms with Crippen LogP contribution in [-0.2, 0) is 13.5 Å². The number of nitrogens with zero attached hydrogens (tertiary/aromatic N) is 2. The SMILES string of the molecule is Cc1cc(C)cc(CC(O)c2c(C(C)C)nn(C)c2Cl)c1. The van der Waals surface area contributed by atoms with E-state index < -0.39 is 6.10 Å². The maximum Gasteiger partial charge on any atom is 0.132 e. The molecule has 1 aromatic heterocycles. The number of halogens is 1. The van der Waals surface area contributed by atoms with Gasteiger partial charge >= 0.3 is 0 Å². The number of aryl methyl sites for hydroxylation is 3. The van der Waals surface area contributed by atoms with Crippen molar-refractivity contribution in [1.82, 2.24) is 9.78 Å². The smallest absolute Gasteiger partial charge is 0.132 e. The van der Waals surface area contributed by atoms with Crippen LogP contribution >= 0.6 is 11.6 Å². The minimum atomic E-state index is -0.634. The summed E-state index contributed by atoms with van der Waals surface area (Å²) in [5, 5.41) is 15.6. The summed E-state index contributed by atoms with van der Waals surface area (Å²) in [6, 6.07) is 6.34. The zero-order valence-corrected chi connectivity index (χ0v) is 14.1. The van der Waals surface area contributed by atoms with Crippen LogP contribution in [-0.4, -0.2) is 14.9 Å². The Morgan fingerprint density at radius 2 is 1.76 bits per heavy atom. The predicted molar refractivity (Wildman–Crippen MR) is 86.9 cm³/mol. The molecule has 4 heteroatoms. The maximum atomic E-state index is 10.6. The van der Waals surface area contributed by atoms with Crippen molar-refractivity contribution in [3.63, 3.8) is 0 Å². The summed E-state index contributed by atoms with van der Waals surface area (Å²) in [4.78, 5) is 0. The van der Waals surface area contributed by atoms with Crippen LogP contribution in [0.2, 0.25) is 5.15 Å². The molecule has 0 amide bonds. The van der Waals surface area contributed by atoms with E-state index in [1.807, 2.05) is 0 Å². The molecule has 0 aliphatic carbocycles. The van der Waals surface area contributed by atoms with E-state index in [2.05, 4.69) is 51.0 Å². The Bertz CT molecular complexity index is 626. The molecular weight excluding hydrogens is 284 g/mol. The van der Waals surface area contributed by atoms with E-state index in [-0.39, 0.29) is 5.92 Å². The van der Waals surface area contributed by atoms with Crippen LogP contribution in [0.5, 0.6) is 0 Å². The topological polar surface area (TPSA) is 38.1 Å². The Hall–Kier alpha value is -1.32. The van der Waals surface area contributed by atoms with E-state index in [1.54, 1.807) is 11.7 Å². The molecular formula is C17H23ClN2O. The highest BCUT2D eigenvalue weighted by atomic mass is 35.5. The number of benzene rings is 1. The summed E-state index contributed by atoms with van der Waals surface area (Å²) in [7, 11) is 1.81. The van der Waals surface area contributed by atoms with E-state index in [1.165, 1.54) is 11.1 Å². The van der Waals surface area contributed by atoms with Gasteiger partial charge in [-0.15, -0.1) is 0 Å². The van der Waals surface area contributed by atoms with Gasteiger partial charge in [0, 0.05) is 19.0 Å². The van der Waals surface area contributed by atoms with Gasteiger partial charge in [0.15, 0.2) is 0 Å². The maximum absolute atomic E-state index is 10.6. The van der Waals surface area contributed by atoms with Gasteiger partial charge in [0.25, 0.3) is 0 Å². The van der Waals surface area contributed by atoms with Gasteiger partial charge in [-0.05, 0) is 25.3 Å². The molecule has 0 spiro atoms. The third kappa shape index (κ3) is 3.47. The van der Waals surface area contributed by atoms with Crippen molar-refractivity contribution in [3.8, 4) is 0 Å². The molecule has 114 valence electrons. The van der Waals surface area contributed by atoms with Crippen molar-refractivity contribution in [1.29, 1.82) is 0 Å². The van der Waals surface area contributed by atoms with Crippen LogP contribution < -0.4 is 0 Å². The van der Waals surface area contributed by atoms with Crippen molar-refractivity contribution in [3.05, 3.63) is 51.3 Å². The van der Waals surface area contributed by atoms with Gasteiger partial charge < -0.3 is 5.11 Å². The average Bonchev–Trinajstić information content (AvgIpc) is 2.64. The summed E-state index contributed by atoms with van der Waals surface area (Å²) in [6.07, 6.45) is -0.0852. The summed E-state index contributed by atoms with van der Waals surface area (Å²) in [6.45, 7) is 8.26. The number of hydrogen-bond acceptors (Lipinski definition) is 2. The first-order valence-electron chi connectivity index (χ1n) is 7.27.